The van der Waals surface area contributed by atoms with Crippen molar-refractivity contribution in [2.45, 2.75) is 20.3 Å². The lowest BCUT2D eigenvalue weighted by Crippen LogP contribution is -2.04. The first-order valence-electron chi connectivity index (χ1n) is 3.46. The summed E-state index contributed by atoms with van der Waals surface area (Å²) >= 11 is 0. The summed E-state index contributed by atoms with van der Waals surface area (Å²) in [5, 5.41) is 3.02. The molecule has 0 radical (unpaired) electrons. The Balaban J connectivity index is 0. The van der Waals surface area contributed by atoms with Crippen LogP contribution in [0, 0.1) is 0 Å². The van der Waals surface area contributed by atoms with E-state index in [4.69, 9.17) is 0 Å². The van der Waals surface area contributed by atoms with Crippen molar-refractivity contribution in [1.82, 2.24) is 5.32 Å². The molecule has 0 fully saturated rings. The molecule has 0 aliphatic rings. The topological polar surface area (TPSA) is 21.3 Å². The highest BCUT2D eigenvalue weighted by Crippen LogP contribution is 1.62. The fraction of sp³-hybridized carbons (Fsp3) is 1.00. The van der Waals surface area contributed by atoms with Crippen molar-refractivity contribution in [2.24, 2.45) is 0 Å². The maximum Gasteiger partial charge on any atom is 0.145 e. The molecule has 2 nitrogen and oxygen atoms in total. The highest BCUT2D eigenvalue weighted by molar-refractivity contribution is 5.97. The molecule has 3 heteroatoms. The van der Waals surface area contributed by atoms with Crippen molar-refractivity contribution < 1.29 is 4.43 Å². The minimum atomic E-state index is 0.881. The van der Waals surface area contributed by atoms with E-state index in [0.717, 1.165) is 23.6 Å². The molecule has 0 atom stereocenters. The molecule has 9 heavy (non-hydrogen) atoms. The third-order valence-corrected chi connectivity index (χ3v) is 1.37. The first-order valence-corrected chi connectivity index (χ1v) is 4.28. The molecule has 0 amide bonds. The Kier molecular flexibility index (Phi) is 20.7. The maximum absolute atomic E-state index is 4.68. The summed E-state index contributed by atoms with van der Waals surface area (Å²) < 4.78 is 4.68. The molecule has 0 saturated carbocycles. The fourth-order valence-corrected chi connectivity index (χ4v) is 0.250. The Labute approximate surface area is 61.5 Å². The summed E-state index contributed by atoms with van der Waals surface area (Å²) in [5.74, 6) is 0. The molecule has 1 N–H and O–H groups in total. The van der Waals surface area contributed by atoms with Gasteiger partial charge in [0.1, 0.15) is 10.5 Å². The van der Waals surface area contributed by atoms with Gasteiger partial charge in [-0.15, -0.1) is 0 Å². The van der Waals surface area contributed by atoms with E-state index in [9.17, 15) is 0 Å². The van der Waals surface area contributed by atoms with Gasteiger partial charge in [-0.05, 0) is 26.9 Å². The van der Waals surface area contributed by atoms with Crippen LogP contribution in [-0.4, -0.2) is 30.7 Å². The Morgan fingerprint density at radius 1 is 1.44 bits per heavy atom. The zero-order chi connectivity index (χ0) is 7.54. The second-order valence-electron chi connectivity index (χ2n) is 1.68. The number of rotatable bonds is 3. The molecule has 0 rings (SSSR count). The first kappa shape index (κ1) is 11.9. The molecular weight excluding hydrogens is 130 g/mol. The predicted molar refractivity (Wildman–Crippen MR) is 45.8 cm³/mol. The minimum Gasteiger partial charge on any atom is -0.428 e. The van der Waals surface area contributed by atoms with E-state index in [1.165, 1.54) is 6.42 Å². The average molecular weight is 149 g/mol. The molecule has 0 aromatic heterocycles. The smallest absolute Gasteiger partial charge is 0.145 e. The highest BCUT2D eigenvalue weighted by Gasteiger charge is 1.64. The maximum atomic E-state index is 4.68. The lowest BCUT2D eigenvalue weighted by Gasteiger charge is -1.84. The zero-order valence-corrected chi connectivity index (χ0v) is 9.03. The Morgan fingerprint density at radius 3 is 1.89 bits per heavy atom. The molecule has 0 heterocycles. The summed E-state index contributed by atoms with van der Waals surface area (Å²) in [5.41, 5.74) is 0. The molecular formula is C6H19NOSi. The van der Waals surface area contributed by atoms with Crippen LogP contribution in [0.4, 0.5) is 0 Å². The zero-order valence-electron chi connectivity index (χ0n) is 7.03. The van der Waals surface area contributed by atoms with Gasteiger partial charge >= 0.3 is 0 Å². The normalized spacial score (nSPS) is 8.33. The summed E-state index contributed by atoms with van der Waals surface area (Å²) in [6, 6.07) is 0. The van der Waals surface area contributed by atoms with Crippen LogP contribution in [0.15, 0.2) is 0 Å². The molecule has 0 aromatic carbocycles. The van der Waals surface area contributed by atoms with E-state index in [1.54, 1.807) is 0 Å². The van der Waals surface area contributed by atoms with Gasteiger partial charge in [0.2, 0.25) is 0 Å². The summed E-state index contributed by atoms with van der Waals surface area (Å²) in [4.78, 5) is 0. The van der Waals surface area contributed by atoms with Crippen molar-refractivity contribution in [3.8, 4) is 0 Å². The van der Waals surface area contributed by atoms with E-state index in [0.29, 0.717) is 0 Å². The van der Waals surface area contributed by atoms with Crippen LogP contribution in [0.3, 0.4) is 0 Å². The lowest BCUT2D eigenvalue weighted by atomic mass is 10.5. The summed E-state index contributed by atoms with van der Waals surface area (Å²) in [7, 11) is 2.85. The van der Waals surface area contributed by atoms with Crippen LogP contribution in [0.1, 0.15) is 20.3 Å². The average Bonchev–Trinajstić information content (AvgIpc) is 1.91. The first-order chi connectivity index (χ1) is 4.33. The summed E-state index contributed by atoms with van der Waals surface area (Å²) in [6.07, 6.45) is 1.23. The van der Waals surface area contributed by atoms with E-state index < -0.39 is 0 Å². The SMILES string of the molecule is CCCNC.CCO[SiH3]. The largest absolute Gasteiger partial charge is 0.428 e. The Bertz CT molecular complexity index is 32.2. The van der Waals surface area contributed by atoms with Gasteiger partial charge < -0.3 is 9.74 Å². The van der Waals surface area contributed by atoms with Crippen LogP contribution in [0.5, 0.6) is 0 Å². The van der Waals surface area contributed by atoms with Crippen LogP contribution in [0.25, 0.3) is 0 Å². The second-order valence-corrected chi connectivity index (χ2v) is 2.26. The van der Waals surface area contributed by atoms with Crippen molar-refractivity contribution in [1.29, 1.82) is 0 Å². The Morgan fingerprint density at radius 2 is 1.89 bits per heavy atom. The molecule has 0 saturated heterocycles. The van der Waals surface area contributed by atoms with Crippen molar-refractivity contribution in [3.63, 3.8) is 0 Å². The third-order valence-electron chi connectivity index (χ3n) is 0.789. The number of nitrogens with one attached hydrogen (secondary N) is 1. The van der Waals surface area contributed by atoms with Crippen LogP contribution in [0.2, 0.25) is 0 Å². The van der Waals surface area contributed by atoms with Gasteiger partial charge in [0.05, 0.1) is 0 Å². The van der Waals surface area contributed by atoms with E-state index in [2.05, 4.69) is 16.7 Å². The molecule has 0 unspecified atom stereocenters. The van der Waals surface area contributed by atoms with Gasteiger partial charge in [-0.2, -0.15) is 0 Å². The third kappa shape index (κ3) is 31.1. The van der Waals surface area contributed by atoms with Crippen LogP contribution >= 0.6 is 0 Å². The van der Waals surface area contributed by atoms with E-state index in [-0.39, 0.29) is 0 Å². The van der Waals surface area contributed by atoms with Gasteiger partial charge in [-0.1, -0.05) is 6.92 Å². The van der Waals surface area contributed by atoms with Gasteiger partial charge in [-0.25, -0.2) is 0 Å². The quantitative estimate of drug-likeness (QED) is 0.567. The Hall–Kier alpha value is 0.137. The molecule has 0 bridgehead atoms. The van der Waals surface area contributed by atoms with Gasteiger partial charge in [0, 0.05) is 6.61 Å². The standard InChI is InChI=1S/C4H11N.C2H8OSi/c1-3-4-5-2;1-2-3-4/h5H,3-4H2,1-2H3;2H2,1,4H3. The fourth-order valence-electron chi connectivity index (χ4n) is 0.250. The molecule has 0 aliphatic heterocycles. The lowest BCUT2D eigenvalue weighted by molar-refractivity contribution is 0.375. The van der Waals surface area contributed by atoms with Crippen molar-refractivity contribution in [3.05, 3.63) is 0 Å². The van der Waals surface area contributed by atoms with Crippen LogP contribution in [-0.2, 0) is 4.43 Å². The number of hydrogen-bond acceptors (Lipinski definition) is 2. The van der Waals surface area contributed by atoms with Gasteiger partial charge in [0.25, 0.3) is 0 Å². The van der Waals surface area contributed by atoms with Crippen LogP contribution < -0.4 is 5.32 Å². The summed E-state index contributed by atoms with van der Waals surface area (Å²) in [6.45, 7) is 6.16. The van der Waals surface area contributed by atoms with Gasteiger partial charge in [0.15, 0.2) is 0 Å². The molecule has 0 aliphatic carbocycles. The highest BCUT2D eigenvalue weighted by atomic mass is 28.2. The van der Waals surface area contributed by atoms with E-state index in [1.807, 2.05) is 14.0 Å². The van der Waals surface area contributed by atoms with Crippen molar-refractivity contribution in [2.75, 3.05) is 20.2 Å². The molecule has 58 valence electrons. The minimum absolute atomic E-state index is 0.881. The molecule has 0 aromatic rings. The van der Waals surface area contributed by atoms with Crippen molar-refractivity contribution >= 4 is 10.5 Å². The van der Waals surface area contributed by atoms with Gasteiger partial charge in [-0.3, -0.25) is 0 Å². The molecule has 0 spiro atoms. The van der Waals surface area contributed by atoms with E-state index >= 15 is 0 Å². The predicted octanol–water partition coefficient (Wildman–Crippen LogP) is -0.0809. The second kappa shape index (κ2) is 15.7. The monoisotopic (exact) mass is 149 g/mol. The number of hydrogen-bond donors (Lipinski definition) is 1.